The molecule has 0 spiro atoms. The molecule has 0 saturated carbocycles. The van der Waals surface area contributed by atoms with Gasteiger partial charge in [0.25, 0.3) is 5.91 Å². The summed E-state index contributed by atoms with van der Waals surface area (Å²) in [5.41, 5.74) is 6.13. The zero-order valence-corrected chi connectivity index (χ0v) is 10.7. The van der Waals surface area contributed by atoms with Crippen LogP contribution in [0.2, 0.25) is 0 Å². The van der Waals surface area contributed by atoms with Crippen LogP contribution in [0, 0.1) is 24.4 Å². The number of aromatic nitrogens is 2. The smallest absolute Gasteiger partial charge is 0.276 e. The van der Waals surface area contributed by atoms with Crippen molar-refractivity contribution in [1.82, 2.24) is 9.78 Å². The van der Waals surface area contributed by atoms with Crippen molar-refractivity contribution in [3.63, 3.8) is 0 Å². The molecule has 5 nitrogen and oxygen atoms in total. The molecule has 0 fully saturated rings. The van der Waals surface area contributed by atoms with Gasteiger partial charge >= 0.3 is 0 Å². The minimum atomic E-state index is -1.60. The zero-order chi connectivity index (χ0) is 15.0. The van der Waals surface area contributed by atoms with Crippen LogP contribution in [0.5, 0.6) is 0 Å². The average molecular weight is 284 g/mol. The Morgan fingerprint density at radius 1 is 1.30 bits per heavy atom. The summed E-state index contributed by atoms with van der Waals surface area (Å²) in [6.45, 7) is 1.61. The van der Waals surface area contributed by atoms with Crippen LogP contribution in [0.1, 0.15) is 16.2 Å². The highest BCUT2D eigenvalue weighted by molar-refractivity contribution is 6.06. The van der Waals surface area contributed by atoms with Gasteiger partial charge in [0.1, 0.15) is 5.69 Å². The number of hydrogen-bond acceptors (Lipinski definition) is 3. The molecule has 0 aliphatic rings. The summed E-state index contributed by atoms with van der Waals surface area (Å²) in [6, 6.07) is 1.35. The van der Waals surface area contributed by atoms with E-state index in [0.717, 1.165) is 0 Å². The van der Waals surface area contributed by atoms with Crippen LogP contribution in [0.4, 0.5) is 24.5 Å². The first-order chi connectivity index (χ1) is 9.31. The highest BCUT2D eigenvalue weighted by atomic mass is 19.2. The SMILES string of the molecule is Cc1nn(C)c(C(=O)Nc2cc(F)c(F)c(F)c2)c1N. The Hall–Kier alpha value is -2.51. The second-order valence-corrected chi connectivity index (χ2v) is 4.18. The second-order valence-electron chi connectivity index (χ2n) is 4.18. The van der Waals surface area contributed by atoms with E-state index < -0.39 is 23.4 Å². The first kappa shape index (κ1) is 13.9. The van der Waals surface area contributed by atoms with E-state index in [1.165, 1.54) is 11.7 Å². The highest BCUT2D eigenvalue weighted by Gasteiger charge is 2.19. The Balaban J connectivity index is 2.33. The zero-order valence-electron chi connectivity index (χ0n) is 10.7. The number of carbonyl (C=O) groups excluding carboxylic acids is 1. The van der Waals surface area contributed by atoms with E-state index in [1.807, 2.05) is 0 Å². The van der Waals surface area contributed by atoms with Crippen LogP contribution in [0.15, 0.2) is 12.1 Å². The number of anilines is 2. The molecular formula is C12H11F3N4O. The fourth-order valence-corrected chi connectivity index (χ4v) is 1.76. The number of aryl methyl sites for hydroxylation is 2. The lowest BCUT2D eigenvalue weighted by Crippen LogP contribution is -2.18. The summed E-state index contributed by atoms with van der Waals surface area (Å²) in [5, 5.41) is 6.18. The Bertz CT molecular complexity index is 673. The summed E-state index contributed by atoms with van der Waals surface area (Å²) in [4.78, 5) is 12.0. The Kier molecular flexibility index (Phi) is 3.39. The fourth-order valence-electron chi connectivity index (χ4n) is 1.76. The minimum Gasteiger partial charge on any atom is -0.395 e. The molecule has 1 aromatic heterocycles. The van der Waals surface area contributed by atoms with E-state index in [0.29, 0.717) is 17.8 Å². The molecule has 2 rings (SSSR count). The topological polar surface area (TPSA) is 72.9 Å². The second kappa shape index (κ2) is 4.87. The van der Waals surface area contributed by atoms with Gasteiger partial charge < -0.3 is 11.1 Å². The van der Waals surface area contributed by atoms with Gasteiger partial charge in [-0.2, -0.15) is 5.10 Å². The summed E-state index contributed by atoms with van der Waals surface area (Å²) in [7, 11) is 1.50. The highest BCUT2D eigenvalue weighted by Crippen LogP contribution is 2.20. The van der Waals surface area contributed by atoms with Crippen LogP contribution in [-0.4, -0.2) is 15.7 Å². The number of hydrogen-bond donors (Lipinski definition) is 2. The molecule has 1 amide bonds. The molecule has 8 heteroatoms. The van der Waals surface area contributed by atoms with Gasteiger partial charge in [-0.1, -0.05) is 0 Å². The fraction of sp³-hybridized carbons (Fsp3) is 0.167. The number of nitrogens with one attached hydrogen (secondary N) is 1. The van der Waals surface area contributed by atoms with Gasteiger partial charge in [0.15, 0.2) is 17.5 Å². The van der Waals surface area contributed by atoms with E-state index in [4.69, 9.17) is 5.73 Å². The summed E-state index contributed by atoms with van der Waals surface area (Å²) < 4.78 is 40.1. The largest absolute Gasteiger partial charge is 0.395 e. The van der Waals surface area contributed by atoms with Crippen LogP contribution < -0.4 is 11.1 Å². The monoisotopic (exact) mass is 284 g/mol. The molecule has 106 valence electrons. The molecular weight excluding hydrogens is 273 g/mol. The summed E-state index contributed by atoms with van der Waals surface area (Å²) in [6.07, 6.45) is 0. The Morgan fingerprint density at radius 2 is 1.85 bits per heavy atom. The lowest BCUT2D eigenvalue weighted by atomic mass is 10.2. The van der Waals surface area contributed by atoms with E-state index in [2.05, 4.69) is 10.4 Å². The maximum Gasteiger partial charge on any atom is 0.276 e. The van der Waals surface area contributed by atoms with Crippen LogP contribution >= 0.6 is 0 Å². The lowest BCUT2D eigenvalue weighted by Gasteiger charge is -2.07. The molecule has 0 atom stereocenters. The predicted molar refractivity (Wildman–Crippen MR) is 66.6 cm³/mol. The number of nitrogens with two attached hydrogens (primary N) is 1. The van der Waals surface area contributed by atoms with Crippen LogP contribution in [0.25, 0.3) is 0 Å². The molecule has 0 bridgehead atoms. The first-order valence-corrected chi connectivity index (χ1v) is 5.56. The third kappa shape index (κ3) is 2.31. The van der Waals surface area contributed by atoms with E-state index in [9.17, 15) is 18.0 Å². The average Bonchev–Trinajstić information content (AvgIpc) is 2.60. The first-order valence-electron chi connectivity index (χ1n) is 5.56. The molecule has 20 heavy (non-hydrogen) atoms. The quantitative estimate of drug-likeness (QED) is 0.828. The predicted octanol–water partition coefficient (Wildman–Crippen LogP) is 1.98. The van der Waals surface area contributed by atoms with Crippen molar-refractivity contribution in [1.29, 1.82) is 0 Å². The van der Waals surface area contributed by atoms with Gasteiger partial charge in [-0.05, 0) is 6.92 Å². The van der Waals surface area contributed by atoms with Gasteiger partial charge in [0.05, 0.1) is 11.4 Å². The number of carbonyl (C=O) groups is 1. The molecule has 1 heterocycles. The van der Waals surface area contributed by atoms with Gasteiger partial charge in [-0.3, -0.25) is 9.48 Å². The number of halogens is 3. The van der Waals surface area contributed by atoms with E-state index in [-0.39, 0.29) is 17.1 Å². The molecule has 3 N–H and O–H groups in total. The van der Waals surface area contributed by atoms with Gasteiger partial charge in [-0.25, -0.2) is 13.2 Å². The third-order valence-electron chi connectivity index (χ3n) is 2.73. The minimum absolute atomic E-state index is 0.0487. The molecule has 0 radical (unpaired) electrons. The van der Waals surface area contributed by atoms with E-state index in [1.54, 1.807) is 6.92 Å². The number of rotatable bonds is 2. The van der Waals surface area contributed by atoms with E-state index >= 15 is 0 Å². The normalized spacial score (nSPS) is 10.7. The molecule has 0 aliphatic carbocycles. The number of nitrogens with zero attached hydrogens (tertiary/aromatic N) is 2. The van der Waals surface area contributed by atoms with Crippen molar-refractivity contribution in [2.24, 2.45) is 7.05 Å². The van der Waals surface area contributed by atoms with Crippen molar-refractivity contribution < 1.29 is 18.0 Å². The molecule has 1 aromatic carbocycles. The molecule has 2 aromatic rings. The van der Waals surface area contributed by atoms with Crippen molar-refractivity contribution in [2.75, 3.05) is 11.1 Å². The summed E-state index contributed by atoms with van der Waals surface area (Å²) >= 11 is 0. The third-order valence-corrected chi connectivity index (χ3v) is 2.73. The van der Waals surface area contributed by atoms with Crippen molar-refractivity contribution in [3.8, 4) is 0 Å². The number of amides is 1. The van der Waals surface area contributed by atoms with Crippen molar-refractivity contribution >= 4 is 17.3 Å². The number of benzene rings is 1. The Labute approximate surface area is 112 Å². The van der Waals surface area contributed by atoms with Gasteiger partial charge in [0, 0.05) is 24.9 Å². The Morgan fingerprint density at radius 3 is 2.30 bits per heavy atom. The maximum atomic E-state index is 13.0. The van der Waals surface area contributed by atoms with Crippen molar-refractivity contribution in [3.05, 3.63) is 41.0 Å². The van der Waals surface area contributed by atoms with Gasteiger partial charge in [-0.15, -0.1) is 0 Å². The maximum absolute atomic E-state index is 13.0. The standard InChI is InChI=1S/C12H11F3N4O/c1-5-10(16)11(19(2)18-5)12(20)17-6-3-7(13)9(15)8(14)4-6/h3-4H,16H2,1-2H3,(H,17,20). The lowest BCUT2D eigenvalue weighted by molar-refractivity contribution is 0.101. The number of nitrogen functional groups attached to an aromatic ring is 1. The van der Waals surface area contributed by atoms with Gasteiger partial charge in [0.2, 0.25) is 0 Å². The van der Waals surface area contributed by atoms with Crippen molar-refractivity contribution in [2.45, 2.75) is 6.92 Å². The van der Waals surface area contributed by atoms with Crippen LogP contribution in [0.3, 0.4) is 0 Å². The van der Waals surface area contributed by atoms with Crippen LogP contribution in [-0.2, 0) is 7.05 Å². The summed E-state index contributed by atoms with van der Waals surface area (Å²) in [5.74, 6) is -5.08. The molecule has 0 saturated heterocycles. The molecule has 0 aliphatic heterocycles. The molecule has 0 unspecified atom stereocenters.